The lowest BCUT2D eigenvalue weighted by Crippen LogP contribution is -2.33. The number of fused-ring (bicyclic) bond motifs is 1. The Bertz CT molecular complexity index is 1440. The van der Waals surface area contributed by atoms with Gasteiger partial charge in [-0.2, -0.15) is 0 Å². The van der Waals surface area contributed by atoms with E-state index in [9.17, 15) is 9.59 Å². The molecule has 0 spiro atoms. The lowest BCUT2D eigenvalue weighted by Gasteiger charge is -2.20. The van der Waals surface area contributed by atoms with Gasteiger partial charge in [-0.1, -0.05) is 56.0 Å². The van der Waals surface area contributed by atoms with Gasteiger partial charge in [-0.3, -0.25) is 9.89 Å². The molecule has 0 aliphatic heterocycles. The van der Waals surface area contributed by atoms with Crippen LogP contribution in [0.15, 0.2) is 42.5 Å². The Hall–Kier alpha value is -4.14. The minimum Gasteiger partial charge on any atom is -0.480 e. The summed E-state index contributed by atoms with van der Waals surface area (Å²) in [6.45, 7) is 7.97. The molecule has 2 N–H and O–H groups in total. The van der Waals surface area contributed by atoms with Crippen molar-refractivity contribution in [1.29, 1.82) is 0 Å². The van der Waals surface area contributed by atoms with Crippen LogP contribution in [0.4, 0.5) is 5.69 Å². The van der Waals surface area contributed by atoms with E-state index in [0.717, 1.165) is 48.1 Å². The molecule has 9 nitrogen and oxygen atoms in total. The van der Waals surface area contributed by atoms with E-state index < -0.39 is 12.1 Å². The molecule has 38 heavy (non-hydrogen) atoms. The number of aromatic nitrogens is 4. The van der Waals surface area contributed by atoms with E-state index in [0.29, 0.717) is 34.8 Å². The molecule has 0 aliphatic carbocycles. The normalized spacial score (nSPS) is 11.9. The number of nitrogens with zero attached hydrogens (tertiary/aromatic N) is 3. The van der Waals surface area contributed by atoms with E-state index in [1.807, 2.05) is 50.2 Å². The lowest BCUT2D eigenvalue weighted by molar-refractivity contribution is -0.123. The van der Waals surface area contributed by atoms with Crippen molar-refractivity contribution >= 4 is 23.2 Å². The van der Waals surface area contributed by atoms with Gasteiger partial charge in [-0.05, 0) is 57.4 Å². The van der Waals surface area contributed by atoms with Crippen molar-refractivity contribution in [2.75, 3.05) is 12.4 Å². The first-order valence-electron chi connectivity index (χ1n) is 13.0. The molecule has 0 bridgehead atoms. The number of amides is 1. The maximum atomic E-state index is 13.4. The smallest absolute Gasteiger partial charge is 0.343 e. The molecule has 2 aromatic heterocycles. The zero-order valence-corrected chi connectivity index (χ0v) is 22.6. The van der Waals surface area contributed by atoms with Crippen molar-refractivity contribution in [1.82, 2.24) is 19.8 Å². The largest absolute Gasteiger partial charge is 0.480 e. The second kappa shape index (κ2) is 11.9. The lowest BCUT2D eigenvalue weighted by atomic mass is 10.1. The molecule has 200 valence electrons. The summed E-state index contributed by atoms with van der Waals surface area (Å²) in [4.78, 5) is 25.6. The third-order valence-electron chi connectivity index (χ3n) is 6.53. The first kappa shape index (κ1) is 26.9. The van der Waals surface area contributed by atoms with Gasteiger partial charge in [0, 0.05) is 16.9 Å². The number of carbonyl (C=O) groups excluding carboxylic acids is 2. The van der Waals surface area contributed by atoms with Crippen LogP contribution in [0.5, 0.6) is 5.75 Å². The van der Waals surface area contributed by atoms with Crippen LogP contribution >= 0.6 is 0 Å². The number of ether oxygens (including phenoxy) is 2. The highest BCUT2D eigenvalue weighted by molar-refractivity contribution is 5.97. The molecule has 0 radical (unpaired) electrons. The monoisotopic (exact) mass is 517 g/mol. The Balaban J connectivity index is 1.56. The number of nitrogens with one attached hydrogen (secondary N) is 2. The number of esters is 1. The van der Waals surface area contributed by atoms with E-state index in [1.54, 1.807) is 11.4 Å². The second-order valence-corrected chi connectivity index (χ2v) is 9.58. The standard InChI is InChI=1S/C29H35N5O4/c1-6-7-8-9-13-24(38-23-15-14-18(2)16-19(23)3)28(35)30-22-12-10-11-21(17-22)26-31-32-27-25(29(36)37-5)20(4)33-34(26)27/h10-12,14-17,24,33H,6-9,13H2,1-5H3,(H,30,35). The van der Waals surface area contributed by atoms with Gasteiger partial charge in [0.1, 0.15) is 11.3 Å². The van der Waals surface area contributed by atoms with Crippen molar-refractivity contribution < 1.29 is 19.1 Å². The summed E-state index contributed by atoms with van der Waals surface area (Å²) in [5.74, 6) is 0.544. The molecule has 4 aromatic rings. The molecule has 2 aromatic carbocycles. The molecule has 1 amide bonds. The Kier molecular flexibility index (Phi) is 8.45. The number of rotatable bonds is 11. The van der Waals surface area contributed by atoms with Crippen LogP contribution in [0.25, 0.3) is 17.0 Å². The fourth-order valence-corrected chi connectivity index (χ4v) is 4.52. The average Bonchev–Trinajstić information content (AvgIpc) is 3.44. The van der Waals surface area contributed by atoms with Crippen molar-refractivity contribution in [3.05, 3.63) is 64.8 Å². The molecule has 0 saturated carbocycles. The van der Waals surface area contributed by atoms with Crippen LogP contribution in [0.3, 0.4) is 0 Å². The predicted octanol–water partition coefficient (Wildman–Crippen LogP) is 5.79. The third-order valence-corrected chi connectivity index (χ3v) is 6.53. The summed E-state index contributed by atoms with van der Waals surface area (Å²) < 4.78 is 12.8. The highest BCUT2D eigenvalue weighted by Gasteiger charge is 2.24. The molecule has 0 aliphatic rings. The van der Waals surface area contributed by atoms with Crippen molar-refractivity contribution in [3.63, 3.8) is 0 Å². The number of hydrogen-bond donors (Lipinski definition) is 2. The van der Waals surface area contributed by atoms with E-state index >= 15 is 0 Å². The Labute approximate surface area is 222 Å². The van der Waals surface area contributed by atoms with Crippen molar-refractivity contribution in [2.24, 2.45) is 0 Å². The van der Waals surface area contributed by atoms with Crippen molar-refractivity contribution in [3.8, 4) is 17.1 Å². The summed E-state index contributed by atoms with van der Waals surface area (Å²) in [5, 5.41) is 14.6. The van der Waals surface area contributed by atoms with Crippen molar-refractivity contribution in [2.45, 2.75) is 65.9 Å². The molecular formula is C29H35N5O4. The van der Waals surface area contributed by atoms with Gasteiger partial charge in [0.2, 0.25) is 0 Å². The van der Waals surface area contributed by atoms with Crippen LogP contribution < -0.4 is 10.1 Å². The molecule has 4 rings (SSSR count). The third kappa shape index (κ3) is 5.88. The maximum absolute atomic E-state index is 13.4. The highest BCUT2D eigenvalue weighted by atomic mass is 16.5. The Morgan fingerprint density at radius 2 is 1.87 bits per heavy atom. The number of aryl methyl sites for hydroxylation is 3. The molecule has 0 fully saturated rings. The molecule has 1 atom stereocenters. The number of unbranched alkanes of at least 4 members (excludes halogenated alkanes) is 3. The summed E-state index contributed by atoms with van der Waals surface area (Å²) in [6.07, 6.45) is 4.22. The van der Waals surface area contributed by atoms with Crippen LogP contribution in [-0.4, -0.2) is 44.9 Å². The average molecular weight is 518 g/mol. The molecule has 2 heterocycles. The van der Waals surface area contributed by atoms with E-state index in [4.69, 9.17) is 9.47 Å². The maximum Gasteiger partial charge on any atom is 0.343 e. The number of hydrogen-bond acceptors (Lipinski definition) is 6. The topological polar surface area (TPSA) is 111 Å². The summed E-state index contributed by atoms with van der Waals surface area (Å²) in [7, 11) is 1.33. The van der Waals surface area contributed by atoms with Crippen LogP contribution in [0.1, 0.15) is 66.2 Å². The van der Waals surface area contributed by atoms with Crippen LogP contribution in [-0.2, 0) is 9.53 Å². The number of H-pyrrole nitrogens is 1. The SMILES string of the molecule is CCCCCCC(Oc1ccc(C)cc1C)C(=O)Nc1cccc(-c2nnc3c(C(=O)OC)c(C)[nH]n23)c1. The molecule has 1 unspecified atom stereocenters. The van der Waals surface area contributed by atoms with Gasteiger partial charge in [-0.15, -0.1) is 10.2 Å². The van der Waals surface area contributed by atoms with Gasteiger partial charge in [0.15, 0.2) is 17.6 Å². The van der Waals surface area contributed by atoms with E-state index in [1.165, 1.54) is 7.11 Å². The van der Waals surface area contributed by atoms with E-state index in [-0.39, 0.29) is 5.91 Å². The molecule has 9 heteroatoms. The minimum absolute atomic E-state index is 0.200. The second-order valence-electron chi connectivity index (χ2n) is 9.58. The van der Waals surface area contributed by atoms with Gasteiger partial charge >= 0.3 is 5.97 Å². The van der Waals surface area contributed by atoms with Crippen LogP contribution in [0.2, 0.25) is 0 Å². The Morgan fingerprint density at radius 1 is 1.05 bits per heavy atom. The number of aromatic amines is 1. The predicted molar refractivity (Wildman–Crippen MR) is 147 cm³/mol. The van der Waals surface area contributed by atoms with Crippen LogP contribution in [0, 0.1) is 20.8 Å². The fraction of sp³-hybridized carbons (Fsp3) is 0.379. The first-order chi connectivity index (χ1) is 18.3. The zero-order valence-electron chi connectivity index (χ0n) is 22.6. The number of anilines is 1. The first-order valence-corrected chi connectivity index (χ1v) is 13.0. The Morgan fingerprint density at radius 3 is 2.61 bits per heavy atom. The summed E-state index contributed by atoms with van der Waals surface area (Å²) >= 11 is 0. The number of benzene rings is 2. The highest BCUT2D eigenvalue weighted by Crippen LogP contribution is 2.26. The molecule has 0 saturated heterocycles. The van der Waals surface area contributed by atoms with Gasteiger partial charge in [0.05, 0.1) is 7.11 Å². The fourth-order valence-electron chi connectivity index (χ4n) is 4.52. The van der Waals surface area contributed by atoms with Gasteiger partial charge < -0.3 is 14.8 Å². The summed E-state index contributed by atoms with van der Waals surface area (Å²) in [6, 6.07) is 13.3. The number of carbonyl (C=O) groups is 2. The minimum atomic E-state index is -0.620. The quantitative estimate of drug-likeness (QED) is 0.192. The zero-order chi connectivity index (χ0) is 27.2. The molecular weight excluding hydrogens is 482 g/mol. The van der Waals surface area contributed by atoms with Gasteiger partial charge in [-0.25, -0.2) is 9.31 Å². The summed E-state index contributed by atoms with van der Waals surface area (Å²) in [5.41, 5.74) is 4.84. The van der Waals surface area contributed by atoms with Gasteiger partial charge in [0.25, 0.3) is 5.91 Å². The number of methoxy groups -OCH3 is 1. The van der Waals surface area contributed by atoms with E-state index in [2.05, 4.69) is 33.6 Å².